The van der Waals surface area contributed by atoms with Crippen molar-refractivity contribution in [3.63, 3.8) is 0 Å². The first kappa shape index (κ1) is 21.4. The Morgan fingerprint density at radius 1 is 1.07 bits per heavy atom. The normalized spacial score (nSPS) is 11.0. The summed E-state index contributed by atoms with van der Waals surface area (Å²) in [5.74, 6) is 1.40. The van der Waals surface area contributed by atoms with Crippen molar-refractivity contribution >= 4 is 11.8 Å². The van der Waals surface area contributed by atoms with Crippen molar-refractivity contribution in [3.05, 3.63) is 64.7 Å². The number of hydrogen-bond acceptors (Lipinski definition) is 6. The molecule has 0 saturated carbocycles. The second-order valence-electron chi connectivity index (χ2n) is 7.51. The van der Waals surface area contributed by atoms with Gasteiger partial charge in [0, 0.05) is 23.0 Å². The topological polar surface area (TPSA) is 83.6 Å². The molecule has 0 amide bonds. The number of ketones is 1. The first-order chi connectivity index (χ1) is 14.3. The highest BCUT2D eigenvalue weighted by molar-refractivity contribution is 5.99. The van der Waals surface area contributed by atoms with Gasteiger partial charge in [-0.05, 0) is 50.5 Å². The minimum Gasteiger partial charge on any atom is -0.482 e. The van der Waals surface area contributed by atoms with Crippen LogP contribution in [0.25, 0.3) is 5.82 Å². The fraction of sp³-hybridized carbons (Fsp3) is 0.348. The van der Waals surface area contributed by atoms with Crippen molar-refractivity contribution in [2.24, 2.45) is 0 Å². The fourth-order valence-electron chi connectivity index (χ4n) is 3.21. The molecule has 30 heavy (non-hydrogen) atoms. The van der Waals surface area contributed by atoms with Gasteiger partial charge >= 0.3 is 5.97 Å². The molecule has 0 atom stereocenters. The van der Waals surface area contributed by atoms with Crippen molar-refractivity contribution in [1.82, 2.24) is 9.72 Å². The molecule has 0 radical (unpaired) electrons. The number of carbonyl (C=O) groups excluding carboxylic acids is 2. The number of carbonyl (C=O) groups is 2. The fourth-order valence-corrected chi connectivity index (χ4v) is 3.21. The highest BCUT2D eigenvalue weighted by Gasteiger charge is 2.19. The quantitative estimate of drug-likeness (QED) is 0.406. The van der Waals surface area contributed by atoms with Crippen LogP contribution in [0, 0.1) is 20.8 Å². The first-order valence-corrected chi connectivity index (χ1v) is 9.80. The molecule has 158 valence electrons. The maximum Gasteiger partial charge on any atom is 0.344 e. The molecule has 0 aliphatic carbocycles. The molecule has 0 fully saturated rings. The van der Waals surface area contributed by atoms with E-state index in [-0.39, 0.29) is 19.0 Å². The molecule has 7 heteroatoms. The van der Waals surface area contributed by atoms with Gasteiger partial charge in [-0.2, -0.15) is 0 Å². The van der Waals surface area contributed by atoms with E-state index in [4.69, 9.17) is 14.0 Å². The molecular formula is C23H26N2O5. The van der Waals surface area contributed by atoms with E-state index in [0.29, 0.717) is 34.5 Å². The number of benzene rings is 1. The van der Waals surface area contributed by atoms with Crippen molar-refractivity contribution in [2.45, 2.75) is 40.5 Å². The zero-order valence-corrected chi connectivity index (χ0v) is 17.9. The van der Waals surface area contributed by atoms with Gasteiger partial charge in [-0.3, -0.25) is 9.36 Å². The van der Waals surface area contributed by atoms with Crippen LogP contribution >= 0.6 is 0 Å². The number of esters is 1. The number of aromatic nitrogens is 2. The zero-order valence-electron chi connectivity index (χ0n) is 17.9. The molecule has 0 bridgehead atoms. The van der Waals surface area contributed by atoms with E-state index in [0.717, 1.165) is 5.69 Å². The van der Waals surface area contributed by atoms with Crippen LogP contribution in [0.4, 0.5) is 0 Å². The Morgan fingerprint density at radius 3 is 2.37 bits per heavy atom. The zero-order chi connectivity index (χ0) is 21.8. The number of nitrogens with zero attached hydrogens (tertiary/aromatic N) is 2. The molecule has 7 nitrogen and oxygen atoms in total. The van der Waals surface area contributed by atoms with E-state index in [9.17, 15) is 9.59 Å². The van der Waals surface area contributed by atoms with E-state index >= 15 is 0 Å². The molecule has 2 heterocycles. The van der Waals surface area contributed by atoms with E-state index in [1.165, 1.54) is 5.56 Å². The van der Waals surface area contributed by atoms with E-state index in [2.05, 4.69) is 19.0 Å². The summed E-state index contributed by atoms with van der Waals surface area (Å²) in [5.41, 5.74) is 3.21. The van der Waals surface area contributed by atoms with Crippen molar-refractivity contribution in [3.8, 4) is 11.6 Å². The second-order valence-corrected chi connectivity index (χ2v) is 7.51. The molecule has 3 aromatic rings. The summed E-state index contributed by atoms with van der Waals surface area (Å²) < 4.78 is 17.5. The average molecular weight is 410 g/mol. The summed E-state index contributed by atoms with van der Waals surface area (Å²) in [6.45, 7) is 9.09. The minimum absolute atomic E-state index is 0.258. The SMILES string of the molecule is Cc1cc(-n2c(C)cc(C(=O)COC(=O)COc3ccc(C(C)C)cc3)c2C)no1. The Morgan fingerprint density at radius 2 is 1.77 bits per heavy atom. The highest BCUT2D eigenvalue weighted by Crippen LogP contribution is 2.21. The lowest BCUT2D eigenvalue weighted by Crippen LogP contribution is -2.19. The Hall–Kier alpha value is -3.35. The lowest BCUT2D eigenvalue weighted by molar-refractivity contribution is -0.144. The maximum absolute atomic E-state index is 12.6. The van der Waals surface area contributed by atoms with Crippen molar-refractivity contribution in [1.29, 1.82) is 0 Å². The third-order valence-electron chi connectivity index (χ3n) is 4.84. The molecule has 0 aliphatic heterocycles. The Bertz CT molecular complexity index is 1040. The molecule has 0 spiro atoms. The number of aryl methyl sites for hydroxylation is 2. The lowest BCUT2D eigenvalue weighted by atomic mass is 10.0. The van der Waals surface area contributed by atoms with E-state index in [1.807, 2.05) is 42.7 Å². The van der Waals surface area contributed by atoms with Gasteiger partial charge in [0.2, 0.25) is 5.78 Å². The highest BCUT2D eigenvalue weighted by atomic mass is 16.6. The Labute approximate surface area is 175 Å². The maximum atomic E-state index is 12.6. The average Bonchev–Trinajstić information content (AvgIpc) is 3.26. The number of Topliss-reactive ketones (excluding diaryl/α,β-unsaturated/α-hetero) is 1. The molecule has 0 N–H and O–H groups in total. The van der Waals surface area contributed by atoms with Crippen LogP contribution in [0.5, 0.6) is 5.75 Å². The van der Waals surface area contributed by atoms with Gasteiger partial charge in [-0.15, -0.1) is 0 Å². The summed E-state index contributed by atoms with van der Waals surface area (Å²) in [6.07, 6.45) is 0. The van der Waals surface area contributed by atoms with Crippen LogP contribution < -0.4 is 4.74 Å². The predicted molar refractivity (Wildman–Crippen MR) is 111 cm³/mol. The minimum atomic E-state index is -0.600. The third kappa shape index (κ3) is 4.79. The molecule has 0 unspecified atom stereocenters. The number of ether oxygens (including phenoxy) is 2. The van der Waals surface area contributed by atoms with E-state index < -0.39 is 5.97 Å². The van der Waals surface area contributed by atoms with Gasteiger partial charge in [0.25, 0.3) is 0 Å². The smallest absolute Gasteiger partial charge is 0.344 e. The summed E-state index contributed by atoms with van der Waals surface area (Å²) in [4.78, 5) is 24.6. The van der Waals surface area contributed by atoms with Gasteiger partial charge in [0.15, 0.2) is 19.0 Å². The largest absolute Gasteiger partial charge is 0.482 e. The van der Waals surface area contributed by atoms with Crippen LogP contribution in [-0.2, 0) is 9.53 Å². The van der Waals surface area contributed by atoms with E-state index in [1.54, 1.807) is 19.1 Å². The molecule has 0 aliphatic rings. The first-order valence-electron chi connectivity index (χ1n) is 9.80. The van der Waals surface area contributed by atoms with Crippen LogP contribution in [0.3, 0.4) is 0 Å². The molecule has 1 aromatic carbocycles. The lowest BCUT2D eigenvalue weighted by Gasteiger charge is -2.09. The van der Waals surface area contributed by atoms with Gasteiger partial charge in [0.1, 0.15) is 11.5 Å². The Balaban J connectivity index is 1.56. The standard InChI is InChI=1S/C23H26N2O5/c1-14(2)18-6-8-19(9-7-18)28-13-23(27)29-12-21(26)20-10-15(3)25(17(20)5)22-11-16(4)30-24-22/h6-11,14H,12-13H2,1-5H3. The summed E-state index contributed by atoms with van der Waals surface area (Å²) >= 11 is 0. The van der Waals surface area contributed by atoms with Gasteiger partial charge < -0.3 is 14.0 Å². The summed E-state index contributed by atoms with van der Waals surface area (Å²) in [5, 5.41) is 4.00. The van der Waals surface area contributed by atoms with Gasteiger partial charge in [-0.25, -0.2) is 4.79 Å². The predicted octanol–water partition coefficient (Wildman–Crippen LogP) is 4.32. The summed E-state index contributed by atoms with van der Waals surface area (Å²) in [6, 6.07) is 11.1. The van der Waals surface area contributed by atoms with Gasteiger partial charge in [-0.1, -0.05) is 31.1 Å². The van der Waals surface area contributed by atoms with Crippen molar-refractivity contribution in [2.75, 3.05) is 13.2 Å². The Kier molecular flexibility index (Phi) is 6.40. The number of hydrogen-bond donors (Lipinski definition) is 0. The number of rotatable bonds is 8. The van der Waals surface area contributed by atoms with Crippen LogP contribution in [0.1, 0.15) is 52.8 Å². The second kappa shape index (κ2) is 8.98. The van der Waals surface area contributed by atoms with Gasteiger partial charge in [0.05, 0.1) is 0 Å². The van der Waals surface area contributed by atoms with Crippen LogP contribution in [0.15, 0.2) is 40.9 Å². The third-order valence-corrected chi connectivity index (χ3v) is 4.84. The monoisotopic (exact) mass is 410 g/mol. The van der Waals surface area contributed by atoms with Crippen molar-refractivity contribution < 1.29 is 23.6 Å². The molecule has 2 aromatic heterocycles. The van der Waals surface area contributed by atoms with Crippen LogP contribution in [-0.4, -0.2) is 34.7 Å². The summed E-state index contributed by atoms with van der Waals surface area (Å²) in [7, 11) is 0. The van der Waals surface area contributed by atoms with Crippen LogP contribution in [0.2, 0.25) is 0 Å². The molecule has 3 rings (SSSR count). The molecular weight excluding hydrogens is 384 g/mol. The molecule has 0 saturated heterocycles.